The second kappa shape index (κ2) is 6.37. The molecule has 3 atom stereocenters. The van der Waals surface area contributed by atoms with Crippen molar-refractivity contribution in [3.8, 4) is 5.75 Å². The molecule has 2 saturated heterocycles. The third-order valence-electron chi connectivity index (χ3n) is 4.19. The number of aliphatic hydroxyl groups excluding tert-OH is 1. The molecule has 0 spiro atoms. The summed E-state index contributed by atoms with van der Waals surface area (Å²) in [5.41, 5.74) is 0. The smallest absolute Gasteiger partial charge is 0.327 e. The van der Waals surface area contributed by atoms with Crippen molar-refractivity contribution in [2.75, 3.05) is 13.1 Å². The molecule has 23 heavy (non-hydrogen) atoms. The molecule has 1 aromatic rings. The van der Waals surface area contributed by atoms with Crippen LogP contribution in [0.15, 0.2) is 24.3 Å². The summed E-state index contributed by atoms with van der Waals surface area (Å²) >= 11 is 5.83. The number of urea groups is 1. The van der Waals surface area contributed by atoms with Crippen LogP contribution < -0.4 is 4.74 Å². The van der Waals surface area contributed by atoms with Gasteiger partial charge < -0.3 is 14.7 Å². The van der Waals surface area contributed by atoms with Crippen LogP contribution in [0.4, 0.5) is 4.79 Å². The minimum atomic E-state index is -0.780. The summed E-state index contributed by atoms with van der Waals surface area (Å²) in [6.45, 7) is 2.46. The number of rotatable bonds is 4. The Balaban J connectivity index is 1.66. The molecule has 7 heteroatoms. The van der Waals surface area contributed by atoms with E-state index in [4.69, 9.17) is 16.3 Å². The van der Waals surface area contributed by atoms with Crippen LogP contribution in [0.3, 0.4) is 0 Å². The predicted octanol–water partition coefficient (Wildman–Crippen LogP) is 1.89. The first-order valence-electron chi connectivity index (χ1n) is 7.69. The molecule has 0 saturated carbocycles. The summed E-state index contributed by atoms with van der Waals surface area (Å²) < 4.78 is 5.72. The number of fused-ring (bicyclic) bond motifs is 1. The van der Waals surface area contributed by atoms with Gasteiger partial charge in [-0.2, -0.15) is 0 Å². The Labute approximate surface area is 139 Å². The van der Waals surface area contributed by atoms with E-state index in [1.54, 1.807) is 31.2 Å². The van der Waals surface area contributed by atoms with E-state index < -0.39 is 12.1 Å². The van der Waals surface area contributed by atoms with Crippen LogP contribution in [0.25, 0.3) is 0 Å². The van der Waals surface area contributed by atoms with Crippen molar-refractivity contribution in [1.29, 1.82) is 0 Å². The minimum Gasteiger partial charge on any atom is -0.489 e. The van der Waals surface area contributed by atoms with E-state index in [9.17, 15) is 14.7 Å². The molecule has 0 aromatic heterocycles. The standard InChI is InChI=1S/C16H19ClN2O4/c1-10(23-12-6-4-11(17)5-7-12)9-19-15(21)14-13(20)3-2-8-18(14)16(19)22/h4-7,10,13-14,20H,2-3,8-9H2,1H3. The fourth-order valence-corrected chi connectivity index (χ4v) is 3.23. The number of carbonyl (C=O) groups is 2. The lowest BCUT2D eigenvalue weighted by molar-refractivity contribution is -0.132. The highest BCUT2D eigenvalue weighted by atomic mass is 35.5. The maximum atomic E-state index is 12.4. The van der Waals surface area contributed by atoms with Gasteiger partial charge in [-0.1, -0.05) is 11.6 Å². The van der Waals surface area contributed by atoms with Crippen LogP contribution in [-0.2, 0) is 4.79 Å². The van der Waals surface area contributed by atoms with Gasteiger partial charge in [0.15, 0.2) is 0 Å². The van der Waals surface area contributed by atoms with E-state index in [2.05, 4.69) is 0 Å². The van der Waals surface area contributed by atoms with E-state index in [-0.39, 0.29) is 24.6 Å². The van der Waals surface area contributed by atoms with Crippen LogP contribution in [0.1, 0.15) is 19.8 Å². The predicted molar refractivity (Wildman–Crippen MR) is 84.4 cm³/mol. The van der Waals surface area contributed by atoms with Crippen molar-refractivity contribution in [1.82, 2.24) is 9.80 Å². The Kier molecular flexibility index (Phi) is 4.46. The first-order chi connectivity index (χ1) is 11.0. The lowest BCUT2D eigenvalue weighted by Crippen LogP contribution is -2.48. The SMILES string of the molecule is CC(CN1C(=O)C2C(O)CCCN2C1=O)Oc1ccc(Cl)cc1. The Morgan fingerprint density at radius 3 is 2.70 bits per heavy atom. The van der Waals surface area contributed by atoms with Crippen molar-refractivity contribution < 1.29 is 19.4 Å². The normalized spacial score (nSPS) is 25.5. The number of aliphatic hydroxyl groups is 1. The number of imide groups is 1. The van der Waals surface area contributed by atoms with Gasteiger partial charge in [0, 0.05) is 11.6 Å². The van der Waals surface area contributed by atoms with Crippen LogP contribution in [0, 0.1) is 0 Å². The van der Waals surface area contributed by atoms with Gasteiger partial charge in [0.2, 0.25) is 0 Å². The van der Waals surface area contributed by atoms with Crippen LogP contribution in [0.5, 0.6) is 5.75 Å². The fraction of sp³-hybridized carbons (Fsp3) is 0.500. The maximum absolute atomic E-state index is 12.4. The van der Waals surface area contributed by atoms with Gasteiger partial charge in [0.1, 0.15) is 17.9 Å². The number of hydrogen-bond acceptors (Lipinski definition) is 4. The summed E-state index contributed by atoms with van der Waals surface area (Å²) in [5.74, 6) is 0.285. The third-order valence-corrected chi connectivity index (χ3v) is 4.44. The lowest BCUT2D eigenvalue weighted by atomic mass is 10.00. The average Bonchev–Trinajstić information content (AvgIpc) is 2.76. The largest absolute Gasteiger partial charge is 0.489 e. The second-order valence-corrected chi connectivity index (χ2v) is 6.40. The highest BCUT2D eigenvalue weighted by molar-refractivity contribution is 6.30. The summed E-state index contributed by atoms with van der Waals surface area (Å²) in [7, 11) is 0. The molecule has 0 radical (unpaired) electrons. The number of benzene rings is 1. The van der Waals surface area contributed by atoms with Crippen LogP contribution in [0.2, 0.25) is 5.02 Å². The summed E-state index contributed by atoms with van der Waals surface area (Å²) in [6.07, 6.45) is 0.118. The van der Waals surface area contributed by atoms with E-state index in [1.165, 1.54) is 9.80 Å². The number of nitrogens with zero attached hydrogens (tertiary/aromatic N) is 2. The number of hydrogen-bond donors (Lipinski definition) is 1. The summed E-state index contributed by atoms with van der Waals surface area (Å²) in [5, 5.41) is 10.6. The molecule has 1 aromatic carbocycles. The highest BCUT2D eigenvalue weighted by Gasteiger charge is 2.50. The maximum Gasteiger partial charge on any atom is 0.327 e. The summed E-state index contributed by atoms with van der Waals surface area (Å²) in [6, 6.07) is 5.82. The van der Waals surface area contributed by atoms with Crippen molar-refractivity contribution in [2.24, 2.45) is 0 Å². The molecule has 2 aliphatic rings. The molecular formula is C16H19ClN2O4. The van der Waals surface area contributed by atoms with Gasteiger partial charge in [0.25, 0.3) is 5.91 Å². The molecule has 0 aliphatic carbocycles. The van der Waals surface area contributed by atoms with Crippen LogP contribution in [-0.4, -0.2) is 58.2 Å². The molecule has 0 bridgehead atoms. The monoisotopic (exact) mass is 338 g/mol. The quantitative estimate of drug-likeness (QED) is 0.851. The Bertz CT molecular complexity index is 607. The topological polar surface area (TPSA) is 70.1 Å². The van der Waals surface area contributed by atoms with Gasteiger partial charge in [-0.3, -0.25) is 9.69 Å². The van der Waals surface area contributed by atoms with Gasteiger partial charge in [0.05, 0.1) is 12.6 Å². The molecule has 2 fully saturated rings. The number of amides is 3. The van der Waals surface area contributed by atoms with Gasteiger partial charge in [-0.15, -0.1) is 0 Å². The molecular weight excluding hydrogens is 320 g/mol. The van der Waals surface area contributed by atoms with Gasteiger partial charge in [-0.05, 0) is 44.0 Å². The molecule has 2 heterocycles. The zero-order valence-electron chi connectivity index (χ0n) is 12.8. The Morgan fingerprint density at radius 2 is 2.04 bits per heavy atom. The Morgan fingerprint density at radius 1 is 1.35 bits per heavy atom. The first kappa shape index (κ1) is 16.1. The van der Waals surface area contributed by atoms with E-state index in [0.29, 0.717) is 30.2 Å². The average molecular weight is 339 g/mol. The molecule has 124 valence electrons. The second-order valence-electron chi connectivity index (χ2n) is 5.96. The summed E-state index contributed by atoms with van der Waals surface area (Å²) in [4.78, 5) is 27.4. The van der Waals surface area contributed by atoms with Crippen molar-refractivity contribution in [3.05, 3.63) is 29.3 Å². The molecule has 6 nitrogen and oxygen atoms in total. The zero-order valence-corrected chi connectivity index (χ0v) is 13.6. The molecule has 1 N–H and O–H groups in total. The van der Waals surface area contributed by atoms with Crippen molar-refractivity contribution in [2.45, 2.75) is 38.0 Å². The number of piperidine rings is 1. The van der Waals surface area contributed by atoms with Gasteiger partial charge in [-0.25, -0.2) is 4.79 Å². The fourth-order valence-electron chi connectivity index (χ4n) is 3.10. The van der Waals surface area contributed by atoms with Crippen LogP contribution >= 0.6 is 11.6 Å². The zero-order chi connectivity index (χ0) is 16.6. The van der Waals surface area contributed by atoms with Gasteiger partial charge >= 0.3 is 6.03 Å². The number of ether oxygens (including phenoxy) is 1. The minimum absolute atomic E-state index is 0.153. The van der Waals surface area contributed by atoms with Crippen molar-refractivity contribution in [3.63, 3.8) is 0 Å². The van der Waals surface area contributed by atoms with E-state index >= 15 is 0 Å². The Hall–Kier alpha value is -1.79. The third kappa shape index (κ3) is 3.14. The molecule has 3 amide bonds. The molecule has 2 aliphatic heterocycles. The number of carbonyl (C=O) groups excluding carboxylic acids is 2. The van der Waals surface area contributed by atoms with E-state index in [1.807, 2.05) is 0 Å². The van der Waals surface area contributed by atoms with E-state index in [0.717, 1.165) is 0 Å². The van der Waals surface area contributed by atoms with Crippen molar-refractivity contribution >= 4 is 23.5 Å². The lowest BCUT2D eigenvalue weighted by Gasteiger charge is -2.30. The highest BCUT2D eigenvalue weighted by Crippen LogP contribution is 2.27. The molecule has 3 rings (SSSR count). The first-order valence-corrected chi connectivity index (χ1v) is 8.07. The molecule has 3 unspecified atom stereocenters. The number of halogens is 1.